The van der Waals surface area contributed by atoms with Crippen LogP contribution in [-0.4, -0.2) is 45.5 Å². The molecule has 1 rings (SSSR count). The summed E-state index contributed by atoms with van der Waals surface area (Å²) in [5, 5.41) is 16.1. The minimum absolute atomic E-state index is 0.0683. The molecule has 6 N–H and O–H groups in total. The predicted molar refractivity (Wildman–Crippen MR) is 55.6 cm³/mol. The lowest BCUT2D eigenvalue weighted by Crippen LogP contribution is -2.46. The Morgan fingerprint density at radius 3 is 2.88 bits per heavy atom. The van der Waals surface area contributed by atoms with E-state index in [2.05, 4.69) is 26.2 Å². The van der Waals surface area contributed by atoms with Crippen LogP contribution in [-0.2, 0) is 11.3 Å². The molecule has 0 unspecified atom stereocenters. The van der Waals surface area contributed by atoms with E-state index in [4.69, 9.17) is 11.5 Å². The van der Waals surface area contributed by atoms with Crippen molar-refractivity contribution in [1.82, 2.24) is 30.8 Å². The number of nitrogens with zero attached hydrogens (tertiary/aromatic N) is 4. The molecule has 1 amide bonds. The molecule has 0 fully saturated rings. The van der Waals surface area contributed by atoms with Crippen molar-refractivity contribution >= 4 is 5.91 Å². The number of nitrogens with two attached hydrogens (primary N) is 2. The summed E-state index contributed by atoms with van der Waals surface area (Å²) < 4.78 is 1.54. The van der Waals surface area contributed by atoms with E-state index in [-0.39, 0.29) is 5.91 Å². The summed E-state index contributed by atoms with van der Waals surface area (Å²) >= 11 is 0. The van der Waals surface area contributed by atoms with Crippen molar-refractivity contribution in [3.8, 4) is 0 Å². The maximum atomic E-state index is 11.3. The van der Waals surface area contributed by atoms with Crippen LogP contribution in [0.4, 0.5) is 0 Å². The lowest BCUT2D eigenvalue weighted by molar-refractivity contribution is -0.121. The maximum Gasteiger partial charge on any atom is 0.221 e. The molecule has 0 aromatic carbocycles. The molecule has 1 aromatic heterocycles. The third-order valence-corrected chi connectivity index (χ3v) is 1.79. The summed E-state index contributed by atoms with van der Waals surface area (Å²) in [5.41, 5.74) is 10.5. The molecule has 16 heavy (non-hydrogen) atoms. The quantitative estimate of drug-likeness (QED) is 0.364. The molecule has 0 spiro atoms. The summed E-state index contributed by atoms with van der Waals surface area (Å²) in [7, 11) is 0. The highest BCUT2D eigenvalue weighted by Gasteiger charge is 2.01. The minimum atomic E-state index is -0.589. The van der Waals surface area contributed by atoms with Crippen molar-refractivity contribution in [3.05, 3.63) is 6.33 Å². The highest BCUT2D eigenvalue weighted by Crippen LogP contribution is 1.79. The molecule has 0 aliphatic heterocycles. The lowest BCUT2D eigenvalue weighted by atomic mass is 10.4. The molecule has 0 atom stereocenters. The first-order valence-corrected chi connectivity index (χ1v) is 4.90. The number of rotatable bonds is 7. The van der Waals surface area contributed by atoms with Gasteiger partial charge in [0, 0.05) is 19.5 Å². The smallest absolute Gasteiger partial charge is 0.221 e. The van der Waals surface area contributed by atoms with Gasteiger partial charge in [0.05, 0.1) is 6.54 Å². The van der Waals surface area contributed by atoms with Crippen molar-refractivity contribution in [2.75, 3.05) is 13.1 Å². The largest absolute Gasteiger partial charge is 0.354 e. The van der Waals surface area contributed by atoms with Gasteiger partial charge in [0.2, 0.25) is 5.91 Å². The Morgan fingerprint density at radius 1 is 1.44 bits per heavy atom. The molecule has 9 heteroatoms. The van der Waals surface area contributed by atoms with E-state index in [0.717, 1.165) is 0 Å². The van der Waals surface area contributed by atoms with E-state index in [1.165, 1.54) is 11.0 Å². The van der Waals surface area contributed by atoms with E-state index < -0.39 is 6.29 Å². The Hall–Kier alpha value is -1.58. The van der Waals surface area contributed by atoms with Crippen molar-refractivity contribution in [3.63, 3.8) is 0 Å². The zero-order chi connectivity index (χ0) is 11.8. The maximum absolute atomic E-state index is 11.3. The molecular formula is C7H16N8O. The fraction of sp³-hybridized carbons (Fsp3) is 0.714. The molecule has 1 heterocycles. The zero-order valence-electron chi connectivity index (χ0n) is 8.83. The summed E-state index contributed by atoms with van der Waals surface area (Å²) in [6.07, 6.45) is 1.23. The Balaban J connectivity index is 2.02. The standard InChI is InChI=1S/C7H16N8O/c8-7(9)11-2-1-6(16)10-3-4-15-5-12-13-14-15/h5,7,11H,1-4,8-9H2,(H,10,16). The number of tetrazole rings is 1. The van der Waals surface area contributed by atoms with Crippen LogP contribution >= 0.6 is 0 Å². The number of hydrogen-bond donors (Lipinski definition) is 4. The summed E-state index contributed by atoms with van der Waals surface area (Å²) in [5.74, 6) is -0.0683. The number of carbonyl (C=O) groups is 1. The third kappa shape index (κ3) is 5.34. The van der Waals surface area contributed by atoms with Crippen LogP contribution in [0.25, 0.3) is 0 Å². The number of aromatic nitrogens is 4. The van der Waals surface area contributed by atoms with Gasteiger partial charge in [-0.3, -0.25) is 10.1 Å². The van der Waals surface area contributed by atoms with Crippen LogP contribution < -0.4 is 22.1 Å². The van der Waals surface area contributed by atoms with E-state index in [1.54, 1.807) is 0 Å². The average Bonchev–Trinajstić information content (AvgIpc) is 2.70. The molecule has 9 nitrogen and oxygen atoms in total. The Labute approximate surface area is 92.5 Å². The van der Waals surface area contributed by atoms with Gasteiger partial charge in [0.15, 0.2) is 0 Å². The SMILES string of the molecule is NC(N)NCCC(=O)NCCn1cnnn1. The van der Waals surface area contributed by atoms with Gasteiger partial charge in [-0.15, -0.1) is 5.10 Å². The second kappa shape index (κ2) is 6.82. The molecule has 0 aliphatic rings. The van der Waals surface area contributed by atoms with Crippen molar-refractivity contribution in [1.29, 1.82) is 0 Å². The van der Waals surface area contributed by atoms with E-state index >= 15 is 0 Å². The Kier molecular flexibility index (Phi) is 5.32. The molecular weight excluding hydrogens is 212 g/mol. The minimum Gasteiger partial charge on any atom is -0.354 e. The third-order valence-electron chi connectivity index (χ3n) is 1.79. The van der Waals surface area contributed by atoms with Gasteiger partial charge < -0.3 is 16.8 Å². The van der Waals surface area contributed by atoms with Crippen LogP contribution in [0.2, 0.25) is 0 Å². The molecule has 90 valence electrons. The van der Waals surface area contributed by atoms with E-state index in [0.29, 0.717) is 26.1 Å². The number of nitrogens with one attached hydrogen (secondary N) is 2. The van der Waals surface area contributed by atoms with Gasteiger partial charge in [-0.05, 0) is 10.4 Å². The number of hydrogen-bond acceptors (Lipinski definition) is 7. The first-order chi connectivity index (χ1) is 7.68. The Morgan fingerprint density at radius 2 is 2.25 bits per heavy atom. The van der Waals surface area contributed by atoms with E-state index in [1.807, 2.05) is 0 Å². The first-order valence-electron chi connectivity index (χ1n) is 4.90. The van der Waals surface area contributed by atoms with Gasteiger partial charge in [-0.1, -0.05) is 0 Å². The van der Waals surface area contributed by atoms with Crippen LogP contribution in [0.15, 0.2) is 6.33 Å². The van der Waals surface area contributed by atoms with Crippen LogP contribution in [0.1, 0.15) is 6.42 Å². The summed E-state index contributed by atoms with van der Waals surface area (Å²) in [6.45, 7) is 1.48. The van der Waals surface area contributed by atoms with Crippen LogP contribution in [0, 0.1) is 0 Å². The number of carbonyl (C=O) groups excluding carboxylic acids is 1. The second-order valence-corrected chi connectivity index (χ2v) is 3.15. The van der Waals surface area contributed by atoms with Gasteiger partial charge in [-0.25, -0.2) is 4.68 Å². The molecule has 0 aliphatic carbocycles. The Bertz CT molecular complexity index is 297. The van der Waals surface area contributed by atoms with Crippen molar-refractivity contribution in [2.24, 2.45) is 11.5 Å². The normalized spacial score (nSPS) is 10.7. The first kappa shape index (κ1) is 12.5. The predicted octanol–water partition coefficient (Wildman–Crippen LogP) is -3.03. The molecule has 0 saturated heterocycles. The molecule has 0 bridgehead atoms. The zero-order valence-corrected chi connectivity index (χ0v) is 8.83. The fourth-order valence-corrected chi connectivity index (χ4v) is 1.03. The van der Waals surface area contributed by atoms with Gasteiger partial charge in [0.1, 0.15) is 12.6 Å². The lowest BCUT2D eigenvalue weighted by Gasteiger charge is -2.08. The molecule has 0 radical (unpaired) electrons. The van der Waals surface area contributed by atoms with Crippen LogP contribution in [0.3, 0.4) is 0 Å². The monoisotopic (exact) mass is 228 g/mol. The average molecular weight is 228 g/mol. The topological polar surface area (TPSA) is 137 Å². The summed E-state index contributed by atoms with van der Waals surface area (Å²) in [4.78, 5) is 11.3. The highest BCUT2D eigenvalue weighted by atomic mass is 16.1. The van der Waals surface area contributed by atoms with Gasteiger partial charge in [0.25, 0.3) is 0 Å². The fourth-order valence-electron chi connectivity index (χ4n) is 1.03. The summed E-state index contributed by atoms with van der Waals surface area (Å²) in [6, 6.07) is 0. The molecule has 0 saturated carbocycles. The van der Waals surface area contributed by atoms with Crippen molar-refractivity contribution < 1.29 is 4.79 Å². The van der Waals surface area contributed by atoms with Gasteiger partial charge in [-0.2, -0.15) is 0 Å². The second-order valence-electron chi connectivity index (χ2n) is 3.15. The van der Waals surface area contributed by atoms with Gasteiger partial charge >= 0.3 is 0 Å². The highest BCUT2D eigenvalue weighted by molar-refractivity contribution is 5.75. The number of amides is 1. The van der Waals surface area contributed by atoms with Crippen LogP contribution in [0.5, 0.6) is 0 Å². The molecule has 1 aromatic rings. The van der Waals surface area contributed by atoms with Crippen molar-refractivity contribution in [2.45, 2.75) is 19.3 Å². The van der Waals surface area contributed by atoms with E-state index in [9.17, 15) is 4.79 Å².